The first-order valence-corrected chi connectivity index (χ1v) is 6.10. The molecule has 2 aliphatic rings. The Bertz CT molecular complexity index is 244. The molecule has 0 bridgehead atoms. The number of aliphatic hydroxyl groups excluding tert-OH is 1. The third-order valence-electron chi connectivity index (χ3n) is 3.93. The Hall–Kier alpha value is -0.570. The molecule has 2 aliphatic carbocycles. The fraction of sp³-hybridized carbons (Fsp3) is 0.917. The van der Waals surface area contributed by atoms with Crippen molar-refractivity contribution < 1.29 is 9.90 Å². The maximum absolute atomic E-state index is 11.8. The van der Waals surface area contributed by atoms with E-state index in [4.69, 9.17) is 5.11 Å². The van der Waals surface area contributed by atoms with Crippen molar-refractivity contribution in [3.8, 4) is 0 Å². The average molecular weight is 211 g/mol. The van der Waals surface area contributed by atoms with Crippen molar-refractivity contribution in [2.24, 2.45) is 11.3 Å². The summed E-state index contributed by atoms with van der Waals surface area (Å²) in [5.41, 5.74) is 0.362. The number of hydrogen-bond donors (Lipinski definition) is 2. The summed E-state index contributed by atoms with van der Waals surface area (Å²) in [5, 5.41) is 11.9. The van der Waals surface area contributed by atoms with Gasteiger partial charge in [0.15, 0.2) is 0 Å². The molecule has 86 valence electrons. The highest BCUT2D eigenvalue weighted by molar-refractivity contribution is 5.82. The van der Waals surface area contributed by atoms with E-state index < -0.39 is 6.10 Å². The zero-order valence-corrected chi connectivity index (χ0v) is 9.46. The monoisotopic (exact) mass is 211 g/mol. The number of aliphatic hydroxyl groups is 1. The molecule has 1 spiro atoms. The molecule has 0 unspecified atom stereocenters. The predicted octanol–water partition coefficient (Wildman–Crippen LogP) is 1.45. The summed E-state index contributed by atoms with van der Waals surface area (Å²) in [6, 6.07) is 0. The summed E-state index contributed by atoms with van der Waals surface area (Å²) in [7, 11) is 0. The highest BCUT2D eigenvalue weighted by Gasteiger charge is 2.57. The van der Waals surface area contributed by atoms with E-state index in [1.807, 2.05) is 0 Å². The lowest BCUT2D eigenvalue weighted by molar-refractivity contribution is -0.123. The van der Waals surface area contributed by atoms with Crippen LogP contribution in [0.1, 0.15) is 45.4 Å². The lowest BCUT2D eigenvalue weighted by Gasteiger charge is -2.22. The van der Waals surface area contributed by atoms with Crippen LogP contribution in [0.4, 0.5) is 0 Å². The van der Waals surface area contributed by atoms with Crippen LogP contribution in [-0.4, -0.2) is 23.7 Å². The Morgan fingerprint density at radius 2 is 2.13 bits per heavy atom. The lowest BCUT2D eigenvalue weighted by atomic mass is 9.84. The number of carbonyl (C=O) groups excluding carboxylic acids is 1. The Labute approximate surface area is 91.2 Å². The third-order valence-corrected chi connectivity index (χ3v) is 3.93. The van der Waals surface area contributed by atoms with Gasteiger partial charge < -0.3 is 10.4 Å². The molecule has 1 amide bonds. The zero-order valence-electron chi connectivity index (χ0n) is 9.46. The van der Waals surface area contributed by atoms with E-state index in [-0.39, 0.29) is 11.8 Å². The van der Waals surface area contributed by atoms with E-state index in [1.165, 1.54) is 32.1 Å². The molecule has 0 heterocycles. The van der Waals surface area contributed by atoms with E-state index in [1.54, 1.807) is 6.92 Å². The summed E-state index contributed by atoms with van der Waals surface area (Å²) in [4.78, 5) is 11.8. The summed E-state index contributed by atoms with van der Waals surface area (Å²) < 4.78 is 0. The van der Waals surface area contributed by atoms with Crippen molar-refractivity contribution in [1.82, 2.24) is 5.32 Å². The fourth-order valence-electron chi connectivity index (χ4n) is 2.90. The molecule has 0 aromatic rings. The summed E-state index contributed by atoms with van der Waals surface area (Å²) in [5.74, 6) is 0.411. The molecule has 0 aliphatic heterocycles. The quantitative estimate of drug-likeness (QED) is 0.742. The van der Waals surface area contributed by atoms with Crippen LogP contribution >= 0.6 is 0 Å². The van der Waals surface area contributed by atoms with Crippen molar-refractivity contribution >= 4 is 5.91 Å². The van der Waals surface area contributed by atoms with Crippen LogP contribution in [0.3, 0.4) is 0 Å². The van der Waals surface area contributed by atoms with Gasteiger partial charge in [-0.05, 0) is 31.6 Å². The van der Waals surface area contributed by atoms with E-state index in [0.717, 1.165) is 6.42 Å². The number of hydrogen-bond acceptors (Lipinski definition) is 2. The number of amides is 1. The van der Waals surface area contributed by atoms with Gasteiger partial charge in [0, 0.05) is 12.5 Å². The van der Waals surface area contributed by atoms with Gasteiger partial charge in [-0.25, -0.2) is 0 Å². The minimum atomic E-state index is -0.435. The van der Waals surface area contributed by atoms with Crippen molar-refractivity contribution in [3.05, 3.63) is 0 Å². The minimum absolute atomic E-state index is 0.165. The Kier molecular flexibility index (Phi) is 3.01. The van der Waals surface area contributed by atoms with Crippen molar-refractivity contribution in [1.29, 1.82) is 0 Å². The molecule has 0 aromatic carbocycles. The van der Waals surface area contributed by atoms with Gasteiger partial charge in [-0.2, -0.15) is 0 Å². The highest BCUT2D eigenvalue weighted by atomic mass is 16.3. The van der Waals surface area contributed by atoms with Crippen molar-refractivity contribution in [2.75, 3.05) is 6.54 Å². The molecule has 3 heteroatoms. The van der Waals surface area contributed by atoms with Crippen LogP contribution in [0, 0.1) is 11.3 Å². The maximum atomic E-state index is 11.8. The van der Waals surface area contributed by atoms with Crippen LogP contribution in [0.5, 0.6) is 0 Å². The molecule has 0 saturated heterocycles. The van der Waals surface area contributed by atoms with E-state index in [0.29, 0.717) is 12.0 Å². The van der Waals surface area contributed by atoms with Crippen LogP contribution in [0.2, 0.25) is 0 Å². The Balaban J connectivity index is 1.79. The van der Waals surface area contributed by atoms with Gasteiger partial charge in [0.05, 0.1) is 6.10 Å². The van der Waals surface area contributed by atoms with Crippen molar-refractivity contribution in [3.63, 3.8) is 0 Å². The number of carbonyl (C=O) groups is 1. The standard InChI is InChI=1S/C12H21NO2/c1-9(14)8-13-11(15)10-7-12(10)5-3-2-4-6-12/h9-10,14H,2-8H2,1H3,(H,13,15)/t9-,10+/m0/s1. The molecule has 2 saturated carbocycles. The third kappa shape index (κ3) is 2.33. The molecule has 2 N–H and O–H groups in total. The highest BCUT2D eigenvalue weighted by Crippen LogP contribution is 2.61. The second kappa shape index (κ2) is 4.12. The summed E-state index contributed by atoms with van der Waals surface area (Å²) >= 11 is 0. The molecule has 2 fully saturated rings. The van der Waals surface area contributed by atoms with Crippen molar-refractivity contribution in [2.45, 2.75) is 51.6 Å². The molecular formula is C12H21NO2. The molecule has 2 rings (SSSR count). The van der Waals surface area contributed by atoms with E-state index in [2.05, 4.69) is 5.32 Å². The molecule has 0 aromatic heterocycles. The zero-order chi connectivity index (χ0) is 10.9. The summed E-state index contributed by atoms with van der Waals surface area (Å²) in [6.45, 7) is 2.09. The second-order valence-electron chi connectivity index (χ2n) is 5.27. The van der Waals surface area contributed by atoms with E-state index in [9.17, 15) is 4.79 Å². The molecule has 15 heavy (non-hydrogen) atoms. The normalized spacial score (nSPS) is 29.9. The Morgan fingerprint density at radius 3 is 2.73 bits per heavy atom. The maximum Gasteiger partial charge on any atom is 0.223 e. The topological polar surface area (TPSA) is 49.3 Å². The van der Waals surface area contributed by atoms with Crippen LogP contribution < -0.4 is 5.32 Å². The first-order valence-electron chi connectivity index (χ1n) is 6.10. The van der Waals surface area contributed by atoms with Gasteiger partial charge in [-0.15, -0.1) is 0 Å². The van der Waals surface area contributed by atoms with Gasteiger partial charge in [0.1, 0.15) is 0 Å². The van der Waals surface area contributed by atoms with Gasteiger partial charge in [0.2, 0.25) is 5.91 Å². The molecule has 2 atom stereocenters. The molecular weight excluding hydrogens is 190 g/mol. The molecule has 0 radical (unpaired) electrons. The fourth-order valence-corrected chi connectivity index (χ4v) is 2.90. The Morgan fingerprint density at radius 1 is 1.47 bits per heavy atom. The first-order chi connectivity index (χ1) is 7.14. The van der Waals surface area contributed by atoms with Gasteiger partial charge in [0.25, 0.3) is 0 Å². The van der Waals surface area contributed by atoms with Gasteiger partial charge >= 0.3 is 0 Å². The number of nitrogens with one attached hydrogen (secondary N) is 1. The van der Waals surface area contributed by atoms with Gasteiger partial charge in [-0.3, -0.25) is 4.79 Å². The lowest BCUT2D eigenvalue weighted by Crippen LogP contribution is -2.33. The van der Waals surface area contributed by atoms with Crippen LogP contribution in [0.15, 0.2) is 0 Å². The van der Waals surface area contributed by atoms with Crippen LogP contribution in [-0.2, 0) is 4.79 Å². The average Bonchev–Trinajstić information content (AvgIpc) is 2.90. The van der Waals surface area contributed by atoms with Gasteiger partial charge in [-0.1, -0.05) is 19.3 Å². The second-order valence-corrected chi connectivity index (χ2v) is 5.27. The van der Waals surface area contributed by atoms with Crippen LogP contribution in [0.25, 0.3) is 0 Å². The largest absolute Gasteiger partial charge is 0.392 e. The number of rotatable bonds is 3. The smallest absolute Gasteiger partial charge is 0.223 e. The predicted molar refractivity (Wildman–Crippen MR) is 58.3 cm³/mol. The molecule has 3 nitrogen and oxygen atoms in total. The van der Waals surface area contributed by atoms with E-state index >= 15 is 0 Å². The summed E-state index contributed by atoms with van der Waals surface area (Å²) in [6.07, 6.45) is 7.04. The minimum Gasteiger partial charge on any atom is -0.392 e. The first kappa shape index (κ1) is 10.9. The SMILES string of the molecule is C[C@H](O)CNC(=O)[C@H]1CC12CCCCC2.